The second-order valence-electron chi connectivity index (χ2n) is 3.09. The highest BCUT2D eigenvalue weighted by Crippen LogP contribution is 2.12. The van der Waals surface area contributed by atoms with Crippen molar-refractivity contribution in [2.75, 3.05) is 0 Å². The first-order chi connectivity index (χ1) is 7.25. The van der Waals surface area contributed by atoms with Gasteiger partial charge in [-0.2, -0.15) is 4.99 Å². The molecule has 0 unspecified atom stereocenters. The summed E-state index contributed by atoms with van der Waals surface area (Å²) in [5.41, 5.74) is 0. The predicted octanol–water partition coefficient (Wildman–Crippen LogP) is 0.207. The number of benzene rings is 1. The molecular weight excluding hydrogens is 212 g/mol. The molecule has 72 valence electrons. The van der Waals surface area contributed by atoms with Crippen LogP contribution >= 0.6 is 11.3 Å². The first-order valence-electron chi connectivity index (χ1n) is 4.29. The molecule has 0 saturated heterocycles. The molecule has 15 heavy (non-hydrogen) atoms. The second kappa shape index (κ2) is 2.80. The number of rotatable bonds is 0. The minimum atomic E-state index is -0.786. The SMILES string of the molecule is O=C1N=c2sc3ccccc3c2=NC1=O. The molecule has 2 heterocycles. The third kappa shape index (κ3) is 1.13. The molecule has 0 bridgehead atoms. The van der Waals surface area contributed by atoms with E-state index in [2.05, 4.69) is 9.98 Å². The Morgan fingerprint density at radius 3 is 2.60 bits per heavy atom. The van der Waals surface area contributed by atoms with Crippen molar-refractivity contribution in [1.29, 1.82) is 0 Å². The molecule has 4 nitrogen and oxygen atoms in total. The van der Waals surface area contributed by atoms with E-state index >= 15 is 0 Å². The van der Waals surface area contributed by atoms with E-state index < -0.39 is 11.8 Å². The maximum absolute atomic E-state index is 11.1. The van der Waals surface area contributed by atoms with Crippen molar-refractivity contribution in [3.8, 4) is 0 Å². The Hall–Kier alpha value is -1.88. The molecule has 0 fully saturated rings. The quantitative estimate of drug-likeness (QED) is 0.591. The molecule has 1 aromatic heterocycles. The molecule has 2 amide bonds. The number of amides is 2. The molecular formula is C10H4N2O2S. The summed E-state index contributed by atoms with van der Waals surface area (Å²) in [4.78, 5) is 29.6. The summed E-state index contributed by atoms with van der Waals surface area (Å²) in [5, 5.41) is 1.40. The number of carbonyl (C=O) groups is 2. The van der Waals surface area contributed by atoms with E-state index in [9.17, 15) is 9.59 Å². The molecule has 2 aromatic rings. The standard InChI is InChI=1S/C10H4N2O2S/c13-8-9(14)12-10-7(11-8)5-3-1-2-4-6(5)15-10/h1-4H. The minimum Gasteiger partial charge on any atom is -0.261 e. The molecule has 5 heteroatoms. The van der Waals surface area contributed by atoms with Gasteiger partial charge in [0.2, 0.25) is 0 Å². The zero-order valence-corrected chi connectivity index (χ0v) is 8.25. The number of hydrogen-bond donors (Lipinski definition) is 0. The molecule has 0 saturated carbocycles. The van der Waals surface area contributed by atoms with Gasteiger partial charge in [0.1, 0.15) is 10.0 Å². The van der Waals surface area contributed by atoms with Crippen molar-refractivity contribution in [3.05, 3.63) is 34.3 Å². The fourth-order valence-electron chi connectivity index (χ4n) is 1.49. The molecule has 1 aliphatic rings. The van der Waals surface area contributed by atoms with Gasteiger partial charge in [-0.3, -0.25) is 9.59 Å². The molecule has 0 atom stereocenters. The average Bonchev–Trinajstić information content (AvgIpc) is 2.57. The summed E-state index contributed by atoms with van der Waals surface area (Å²) in [6, 6.07) is 7.55. The van der Waals surface area contributed by atoms with Crippen LogP contribution in [0, 0.1) is 0 Å². The van der Waals surface area contributed by atoms with E-state index in [1.165, 1.54) is 11.3 Å². The highest BCUT2D eigenvalue weighted by atomic mass is 32.1. The molecule has 1 aliphatic heterocycles. The Kier molecular flexibility index (Phi) is 1.58. The van der Waals surface area contributed by atoms with E-state index in [4.69, 9.17) is 0 Å². The normalized spacial score (nSPS) is 14.7. The first-order valence-corrected chi connectivity index (χ1v) is 5.10. The monoisotopic (exact) mass is 216 g/mol. The van der Waals surface area contributed by atoms with Crippen LogP contribution in [0.4, 0.5) is 0 Å². The van der Waals surface area contributed by atoms with Crippen LogP contribution in [0.15, 0.2) is 34.3 Å². The molecule has 3 rings (SSSR count). The smallest absolute Gasteiger partial charge is 0.261 e. The number of nitrogens with zero attached hydrogens (tertiary/aromatic N) is 2. The van der Waals surface area contributed by atoms with Crippen molar-refractivity contribution >= 4 is 33.2 Å². The van der Waals surface area contributed by atoms with Crippen molar-refractivity contribution in [2.45, 2.75) is 0 Å². The van der Waals surface area contributed by atoms with Gasteiger partial charge in [-0.25, -0.2) is 4.99 Å². The van der Waals surface area contributed by atoms with Crippen molar-refractivity contribution < 1.29 is 9.59 Å². The van der Waals surface area contributed by atoms with Gasteiger partial charge in [-0.05, 0) is 6.07 Å². The Labute approximate surface area is 87.6 Å². The highest BCUT2D eigenvalue weighted by Gasteiger charge is 2.17. The Morgan fingerprint density at radius 1 is 1.00 bits per heavy atom. The summed E-state index contributed by atoms with van der Waals surface area (Å²) in [7, 11) is 0. The number of fused-ring (bicyclic) bond motifs is 3. The maximum atomic E-state index is 11.1. The molecule has 0 radical (unpaired) electrons. The average molecular weight is 216 g/mol. The Bertz CT molecular complexity index is 715. The zero-order valence-electron chi connectivity index (χ0n) is 7.43. The van der Waals surface area contributed by atoms with Gasteiger partial charge >= 0.3 is 11.8 Å². The third-order valence-electron chi connectivity index (χ3n) is 2.15. The van der Waals surface area contributed by atoms with E-state index in [-0.39, 0.29) is 0 Å². The van der Waals surface area contributed by atoms with Gasteiger partial charge in [0.05, 0.1) is 0 Å². The summed E-state index contributed by atoms with van der Waals surface area (Å²) >= 11 is 1.37. The van der Waals surface area contributed by atoms with E-state index in [0.717, 1.165) is 10.1 Å². The third-order valence-corrected chi connectivity index (χ3v) is 3.20. The van der Waals surface area contributed by atoms with E-state index in [1.807, 2.05) is 24.3 Å². The van der Waals surface area contributed by atoms with Crippen LogP contribution in [0.1, 0.15) is 0 Å². The van der Waals surface area contributed by atoms with Crippen LogP contribution in [-0.4, -0.2) is 11.8 Å². The van der Waals surface area contributed by atoms with Crippen molar-refractivity contribution in [2.24, 2.45) is 9.98 Å². The summed E-state index contributed by atoms with van der Waals surface area (Å²) < 4.78 is 1.51. The second-order valence-corrected chi connectivity index (χ2v) is 4.12. The van der Waals surface area contributed by atoms with Crippen LogP contribution in [0.5, 0.6) is 0 Å². The van der Waals surface area contributed by atoms with Crippen molar-refractivity contribution in [1.82, 2.24) is 0 Å². The van der Waals surface area contributed by atoms with E-state index in [0.29, 0.717) is 10.0 Å². The predicted molar refractivity (Wildman–Crippen MR) is 54.2 cm³/mol. The van der Waals surface area contributed by atoms with Gasteiger partial charge in [-0.15, -0.1) is 11.3 Å². The summed E-state index contributed by atoms with van der Waals surface area (Å²) in [6.45, 7) is 0. The lowest BCUT2D eigenvalue weighted by atomic mass is 10.2. The number of thiophene rings is 1. The number of carbonyl (C=O) groups excluding carboxylic acids is 2. The molecule has 1 aromatic carbocycles. The van der Waals surface area contributed by atoms with Gasteiger partial charge in [0.25, 0.3) is 0 Å². The largest absolute Gasteiger partial charge is 0.338 e. The lowest BCUT2D eigenvalue weighted by Crippen LogP contribution is -2.30. The van der Waals surface area contributed by atoms with Gasteiger partial charge in [0, 0.05) is 10.1 Å². The van der Waals surface area contributed by atoms with Crippen LogP contribution in [0.25, 0.3) is 10.1 Å². The van der Waals surface area contributed by atoms with Gasteiger partial charge in [0.15, 0.2) is 0 Å². The lowest BCUT2D eigenvalue weighted by Gasteiger charge is -1.91. The zero-order chi connectivity index (χ0) is 10.4. The first kappa shape index (κ1) is 8.43. The summed E-state index contributed by atoms with van der Waals surface area (Å²) in [6.07, 6.45) is 0. The van der Waals surface area contributed by atoms with Crippen LogP contribution in [0.2, 0.25) is 0 Å². The topological polar surface area (TPSA) is 58.9 Å². The van der Waals surface area contributed by atoms with E-state index in [1.54, 1.807) is 0 Å². The van der Waals surface area contributed by atoms with Crippen molar-refractivity contribution in [3.63, 3.8) is 0 Å². The van der Waals surface area contributed by atoms with Gasteiger partial charge < -0.3 is 0 Å². The van der Waals surface area contributed by atoms with Gasteiger partial charge in [-0.1, -0.05) is 18.2 Å². The Balaban J connectivity index is 2.59. The lowest BCUT2D eigenvalue weighted by molar-refractivity contribution is -0.135. The highest BCUT2D eigenvalue weighted by molar-refractivity contribution is 7.16. The van der Waals surface area contributed by atoms with Crippen LogP contribution < -0.4 is 10.0 Å². The molecule has 0 aliphatic carbocycles. The summed E-state index contributed by atoms with van der Waals surface area (Å²) in [5.74, 6) is -1.57. The van der Waals surface area contributed by atoms with Crippen LogP contribution in [0.3, 0.4) is 0 Å². The number of hydrogen-bond acceptors (Lipinski definition) is 3. The molecule has 0 N–H and O–H groups in total. The Morgan fingerprint density at radius 2 is 1.73 bits per heavy atom. The fraction of sp³-hybridized carbons (Fsp3) is 0. The minimum absolute atomic E-state index is 0.528. The maximum Gasteiger partial charge on any atom is 0.338 e. The fourth-order valence-corrected chi connectivity index (χ4v) is 2.50. The molecule has 0 spiro atoms. The van der Waals surface area contributed by atoms with Crippen LogP contribution in [-0.2, 0) is 9.59 Å².